The van der Waals surface area contributed by atoms with E-state index in [4.69, 9.17) is 0 Å². The molecule has 0 bridgehead atoms. The molecular formula is C14H17BrN2S. The highest BCUT2D eigenvalue weighted by Gasteiger charge is 2.05. The van der Waals surface area contributed by atoms with Crippen LogP contribution in [0.15, 0.2) is 34.1 Å². The number of rotatable bonds is 6. The molecule has 0 spiro atoms. The Labute approximate surface area is 121 Å². The fraction of sp³-hybridized carbons (Fsp3) is 0.357. The number of nitrogens with one attached hydrogen (secondary N) is 1. The lowest BCUT2D eigenvalue weighted by Crippen LogP contribution is -2.13. The van der Waals surface area contributed by atoms with Crippen LogP contribution >= 0.6 is 27.3 Å². The van der Waals surface area contributed by atoms with E-state index in [-0.39, 0.29) is 0 Å². The minimum absolute atomic E-state index is 0.875. The molecule has 18 heavy (non-hydrogen) atoms. The molecule has 2 rings (SSSR count). The third-order valence-electron chi connectivity index (χ3n) is 2.63. The standard InChI is InChI=1S/C14H17BrN2S/c1-2-7-16-9-12-10-18-14(17-12)8-11-5-3-4-6-13(11)15/h3-6,10,16H,2,7-9H2,1H3. The molecular weight excluding hydrogens is 308 g/mol. The number of nitrogens with zero attached hydrogens (tertiary/aromatic N) is 1. The monoisotopic (exact) mass is 324 g/mol. The number of halogens is 1. The summed E-state index contributed by atoms with van der Waals surface area (Å²) in [6.07, 6.45) is 2.06. The van der Waals surface area contributed by atoms with Crippen molar-refractivity contribution in [1.82, 2.24) is 10.3 Å². The summed E-state index contributed by atoms with van der Waals surface area (Å²) in [5.74, 6) is 0. The lowest BCUT2D eigenvalue weighted by molar-refractivity contribution is 0.665. The van der Waals surface area contributed by atoms with Crippen molar-refractivity contribution in [3.63, 3.8) is 0 Å². The second kappa shape index (κ2) is 7.02. The molecule has 0 aliphatic rings. The van der Waals surface area contributed by atoms with E-state index < -0.39 is 0 Å². The Morgan fingerprint density at radius 1 is 1.33 bits per heavy atom. The second-order valence-electron chi connectivity index (χ2n) is 4.18. The molecule has 1 aromatic heterocycles. The first-order valence-corrected chi connectivity index (χ1v) is 7.84. The molecule has 0 saturated carbocycles. The lowest BCUT2D eigenvalue weighted by atomic mass is 10.2. The fourth-order valence-corrected chi connectivity index (χ4v) is 2.95. The largest absolute Gasteiger partial charge is 0.311 e. The highest BCUT2D eigenvalue weighted by Crippen LogP contribution is 2.21. The third kappa shape index (κ3) is 3.90. The van der Waals surface area contributed by atoms with Crippen molar-refractivity contribution in [2.24, 2.45) is 0 Å². The lowest BCUT2D eigenvalue weighted by Gasteiger charge is -2.01. The van der Waals surface area contributed by atoms with Crippen LogP contribution in [0.2, 0.25) is 0 Å². The molecule has 0 unspecified atom stereocenters. The number of aromatic nitrogens is 1. The molecule has 0 amide bonds. The molecule has 0 aliphatic carbocycles. The number of hydrogen-bond donors (Lipinski definition) is 1. The SMILES string of the molecule is CCCNCc1csc(Cc2ccccc2Br)n1. The van der Waals surface area contributed by atoms with Gasteiger partial charge in [0.05, 0.1) is 10.7 Å². The normalized spacial score (nSPS) is 10.8. The molecule has 0 radical (unpaired) electrons. The Kier molecular flexibility index (Phi) is 5.35. The smallest absolute Gasteiger partial charge is 0.0973 e. The van der Waals surface area contributed by atoms with E-state index in [0.717, 1.165) is 36.1 Å². The van der Waals surface area contributed by atoms with Gasteiger partial charge in [0.2, 0.25) is 0 Å². The van der Waals surface area contributed by atoms with E-state index in [9.17, 15) is 0 Å². The quantitative estimate of drug-likeness (QED) is 0.812. The van der Waals surface area contributed by atoms with E-state index in [2.05, 4.69) is 56.7 Å². The average Bonchev–Trinajstić information content (AvgIpc) is 2.80. The van der Waals surface area contributed by atoms with Crippen LogP contribution in [0.4, 0.5) is 0 Å². The van der Waals surface area contributed by atoms with Gasteiger partial charge in [-0.1, -0.05) is 41.1 Å². The predicted molar refractivity (Wildman–Crippen MR) is 81.1 cm³/mol. The van der Waals surface area contributed by atoms with Crippen LogP contribution in [0.5, 0.6) is 0 Å². The summed E-state index contributed by atoms with van der Waals surface area (Å²) in [5.41, 5.74) is 2.44. The van der Waals surface area contributed by atoms with Gasteiger partial charge in [-0.15, -0.1) is 11.3 Å². The van der Waals surface area contributed by atoms with Crippen molar-refractivity contribution in [3.8, 4) is 0 Å². The van der Waals surface area contributed by atoms with Crippen LogP contribution in [0.1, 0.15) is 29.6 Å². The second-order valence-corrected chi connectivity index (χ2v) is 5.97. The molecule has 2 nitrogen and oxygen atoms in total. The van der Waals surface area contributed by atoms with Gasteiger partial charge in [0.1, 0.15) is 0 Å². The maximum absolute atomic E-state index is 4.65. The van der Waals surface area contributed by atoms with Crippen LogP contribution in [-0.2, 0) is 13.0 Å². The van der Waals surface area contributed by atoms with Gasteiger partial charge in [-0.05, 0) is 24.6 Å². The van der Waals surface area contributed by atoms with Crippen molar-refractivity contribution in [3.05, 3.63) is 50.4 Å². The summed E-state index contributed by atoms with van der Waals surface area (Å²) in [4.78, 5) is 4.65. The van der Waals surface area contributed by atoms with Gasteiger partial charge < -0.3 is 5.32 Å². The molecule has 1 N–H and O–H groups in total. The topological polar surface area (TPSA) is 24.9 Å². The highest BCUT2D eigenvalue weighted by molar-refractivity contribution is 9.10. The van der Waals surface area contributed by atoms with Crippen LogP contribution in [0, 0.1) is 0 Å². The molecule has 0 fully saturated rings. The average molecular weight is 325 g/mol. The van der Waals surface area contributed by atoms with Crippen molar-refractivity contribution < 1.29 is 0 Å². The van der Waals surface area contributed by atoms with Crippen molar-refractivity contribution in [2.45, 2.75) is 26.3 Å². The van der Waals surface area contributed by atoms with Crippen LogP contribution in [0.25, 0.3) is 0 Å². The Bertz CT molecular complexity index is 496. The Morgan fingerprint density at radius 2 is 2.17 bits per heavy atom. The molecule has 0 atom stereocenters. The predicted octanol–water partition coefficient (Wildman–Crippen LogP) is 4.00. The van der Waals surface area contributed by atoms with Gasteiger partial charge in [-0.3, -0.25) is 0 Å². The Morgan fingerprint density at radius 3 is 2.94 bits per heavy atom. The van der Waals surface area contributed by atoms with Gasteiger partial charge >= 0.3 is 0 Å². The van der Waals surface area contributed by atoms with Gasteiger partial charge in [0.25, 0.3) is 0 Å². The highest BCUT2D eigenvalue weighted by atomic mass is 79.9. The fourth-order valence-electron chi connectivity index (χ4n) is 1.71. The molecule has 1 heterocycles. The first-order chi connectivity index (χ1) is 8.79. The summed E-state index contributed by atoms with van der Waals surface area (Å²) in [6.45, 7) is 4.10. The number of thiazole rings is 1. The molecule has 0 aliphatic heterocycles. The van der Waals surface area contributed by atoms with Crippen molar-refractivity contribution >= 4 is 27.3 Å². The summed E-state index contributed by atoms with van der Waals surface area (Å²) in [5, 5.41) is 6.70. The van der Waals surface area contributed by atoms with Gasteiger partial charge in [-0.25, -0.2) is 4.98 Å². The van der Waals surface area contributed by atoms with Crippen LogP contribution in [-0.4, -0.2) is 11.5 Å². The summed E-state index contributed by atoms with van der Waals surface area (Å²) < 4.78 is 1.16. The zero-order valence-electron chi connectivity index (χ0n) is 10.4. The van der Waals surface area contributed by atoms with E-state index in [1.54, 1.807) is 11.3 Å². The van der Waals surface area contributed by atoms with Gasteiger partial charge in [0, 0.05) is 22.8 Å². The van der Waals surface area contributed by atoms with Gasteiger partial charge in [0.15, 0.2) is 0 Å². The van der Waals surface area contributed by atoms with E-state index in [1.165, 1.54) is 10.6 Å². The zero-order chi connectivity index (χ0) is 12.8. The van der Waals surface area contributed by atoms with E-state index in [0.29, 0.717) is 0 Å². The van der Waals surface area contributed by atoms with Crippen LogP contribution in [0.3, 0.4) is 0 Å². The Hall–Kier alpha value is -0.710. The van der Waals surface area contributed by atoms with Crippen molar-refractivity contribution in [2.75, 3.05) is 6.54 Å². The number of benzene rings is 1. The third-order valence-corrected chi connectivity index (χ3v) is 4.30. The first kappa shape index (κ1) is 13.7. The van der Waals surface area contributed by atoms with Crippen molar-refractivity contribution in [1.29, 1.82) is 0 Å². The summed E-state index contributed by atoms with van der Waals surface area (Å²) >= 11 is 5.32. The molecule has 2 aromatic rings. The van der Waals surface area contributed by atoms with Gasteiger partial charge in [-0.2, -0.15) is 0 Å². The van der Waals surface area contributed by atoms with E-state index >= 15 is 0 Å². The maximum Gasteiger partial charge on any atom is 0.0973 e. The minimum Gasteiger partial charge on any atom is -0.311 e. The minimum atomic E-state index is 0.875. The molecule has 4 heteroatoms. The molecule has 0 saturated heterocycles. The number of hydrogen-bond acceptors (Lipinski definition) is 3. The molecule has 1 aromatic carbocycles. The summed E-state index contributed by atoms with van der Waals surface area (Å²) in [7, 11) is 0. The van der Waals surface area contributed by atoms with Crippen LogP contribution < -0.4 is 5.32 Å². The molecule has 96 valence electrons. The zero-order valence-corrected chi connectivity index (χ0v) is 12.9. The summed E-state index contributed by atoms with van der Waals surface area (Å²) in [6, 6.07) is 8.32. The Balaban J connectivity index is 1.96. The van der Waals surface area contributed by atoms with E-state index in [1.807, 2.05) is 6.07 Å². The first-order valence-electron chi connectivity index (χ1n) is 6.17. The maximum atomic E-state index is 4.65.